The smallest absolute Gasteiger partial charge is 0.276 e. The lowest BCUT2D eigenvalue weighted by atomic mass is 10.00. The van der Waals surface area contributed by atoms with Gasteiger partial charge in [-0.25, -0.2) is 4.98 Å². The molecule has 5 nitrogen and oxygen atoms in total. The molecule has 26 heavy (non-hydrogen) atoms. The van der Waals surface area contributed by atoms with Gasteiger partial charge in [-0.15, -0.1) is 0 Å². The summed E-state index contributed by atoms with van der Waals surface area (Å²) >= 11 is 0. The molecule has 2 aromatic rings. The summed E-state index contributed by atoms with van der Waals surface area (Å²) in [6, 6.07) is 0. The minimum Gasteiger partial charge on any atom is -0.381 e. The van der Waals surface area contributed by atoms with E-state index in [1.54, 1.807) is 12.3 Å². The molecular weight excluding hydrogens is 326 g/mol. The van der Waals surface area contributed by atoms with Crippen molar-refractivity contribution in [3.8, 4) is 0 Å². The van der Waals surface area contributed by atoms with Crippen molar-refractivity contribution in [1.29, 1.82) is 0 Å². The average molecular weight is 353 g/mol. The third-order valence-corrected chi connectivity index (χ3v) is 5.17. The third kappa shape index (κ3) is 3.44. The number of rotatable bonds is 5. The van der Waals surface area contributed by atoms with E-state index in [4.69, 9.17) is 4.74 Å². The number of ether oxygens (including phenoxy) is 1. The predicted molar refractivity (Wildman–Crippen MR) is 105 cm³/mol. The Morgan fingerprint density at radius 3 is 2.81 bits per heavy atom. The lowest BCUT2D eigenvalue weighted by molar-refractivity contribution is 0.0835. The normalized spacial score (nSPS) is 17.0. The van der Waals surface area contributed by atoms with Gasteiger partial charge in [0, 0.05) is 31.0 Å². The molecule has 0 unspecified atom stereocenters. The number of allylic oxidation sites excluding steroid dienone is 5. The van der Waals surface area contributed by atoms with Crippen LogP contribution in [0.15, 0.2) is 53.1 Å². The van der Waals surface area contributed by atoms with Crippen LogP contribution in [0.25, 0.3) is 5.52 Å². The van der Waals surface area contributed by atoms with Gasteiger partial charge in [0.2, 0.25) is 0 Å². The second-order valence-corrected chi connectivity index (χ2v) is 6.82. The Balaban J connectivity index is 2.02. The lowest BCUT2D eigenvalue weighted by Crippen LogP contribution is -2.26. The van der Waals surface area contributed by atoms with Crippen LogP contribution < -0.4 is 5.56 Å². The Bertz CT molecular complexity index is 925. The molecule has 0 N–H and O–H groups in total. The van der Waals surface area contributed by atoms with Crippen molar-refractivity contribution in [2.24, 2.45) is 0 Å². The summed E-state index contributed by atoms with van der Waals surface area (Å²) in [5, 5.41) is 0. The van der Waals surface area contributed by atoms with Crippen molar-refractivity contribution in [1.82, 2.24) is 14.0 Å². The molecule has 0 spiro atoms. The van der Waals surface area contributed by atoms with Crippen molar-refractivity contribution in [3.63, 3.8) is 0 Å². The fourth-order valence-corrected chi connectivity index (χ4v) is 3.58. The van der Waals surface area contributed by atoms with E-state index in [1.165, 1.54) is 0 Å². The highest BCUT2D eigenvalue weighted by molar-refractivity contribution is 5.45. The SMILES string of the molecule is C=C/C=C(C)\C(=C/C)Cn1c(C)cn2c(C3CCOCC3)ncc2c1=O. The number of aryl methyl sites for hydroxylation is 1. The zero-order chi connectivity index (χ0) is 18.7. The molecule has 0 atom stereocenters. The monoisotopic (exact) mass is 353 g/mol. The molecule has 1 fully saturated rings. The van der Waals surface area contributed by atoms with E-state index in [-0.39, 0.29) is 5.56 Å². The maximum Gasteiger partial charge on any atom is 0.276 e. The van der Waals surface area contributed by atoms with Crippen molar-refractivity contribution >= 4 is 5.52 Å². The Morgan fingerprint density at radius 2 is 2.15 bits per heavy atom. The van der Waals surface area contributed by atoms with Crippen LogP contribution in [0.1, 0.15) is 44.1 Å². The summed E-state index contributed by atoms with van der Waals surface area (Å²) < 4.78 is 9.25. The number of fused-ring (bicyclic) bond motifs is 1. The summed E-state index contributed by atoms with van der Waals surface area (Å²) in [7, 11) is 0. The van der Waals surface area contributed by atoms with Crippen LogP contribution in [-0.4, -0.2) is 27.2 Å². The first kappa shape index (κ1) is 18.4. The number of hydrogen-bond acceptors (Lipinski definition) is 3. The molecule has 2 aromatic heterocycles. The molecule has 3 heterocycles. The molecule has 5 heteroatoms. The molecule has 1 aliphatic rings. The van der Waals surface area contributed by atoms with E-state index in [0.717, 1.165) is 48.7 Å². The van der Waals surface area contributed by atoms with Crippen LogP contribution in [0.2, 0.25) is 0 Å². The molecule has 0 bridgehead atoms. The van der Waals surface area contributed by atoms with Gasteiger partial charge in [-0.2, -0.15) is 0 Å². The zero-order valence-electron chi connectivity index (χ0n) is 15.9. The molecule has 0 radical (unpaired) electrons. The Morgan fingerprint density at radius 1 is 1.42 bits per heavy atom. The van der Waals surface area contributed by atoms with Gasteiger partial charge in [0.1, 0.15) is 11.3 Å². The maximum atomic E-state index is 13.1. The van der Waals surface area contributed by atoms with Crippen LogP contribution in [0.3, 0.4) is 0 Å². The fraction of sp³-hybridized carbons (Fsp3) is 0.429. The quantitative estimate of drug-likeness (QED) is 0.769. The molecular formula is C21H27N3O2. The van der Waals surface area contributed by atoms with Gasteiger partial charge in [0.05, 0.1) is 12.7 Å². The summed E-state index contributed by atoms with van der Waals surface area (Å²) in [5.74, 6) is 1.33. The van der Waals surface area contributed by atoms with Crippen molar-refractivity contribution in [2.45, 2.75) is 46.1 Å². The number of aromatic nitrogens is 3. The van der Waals surface area contributed by atoms with Gasteiger partial charge in [0.25, 0.3) is 5.56 Å². The second kappa shape index (κ2) is 7.87. The van der Waals surface area contributed by atoms with Crippen molar-refractivity contribution in [2.75, 3.05) is 13.2 Å². The first-order valence-corrected chi connectivity index (χ1v) is 9.16. The summed E-state index contributed by atoms with van der Waals surface area (Å²) in [6.07, 6.45) is 11.4. The van der Waals surface area contributed by atoms with Gasteiger partial charge in [-0.1, -0.05) is 24.8 Å². The molecule has 0 saturated carbocycles. The summed E-state index contributed by atoms with van der Waals surface area (Å²) in [6.45, 7) is 11.8. The average Bonchev–Trinajstić information content (AvgIpc) is 3.06. The lowest BCUT2D eigenvalue weighted by Gasteiger charge is -2.21. The first-order chi connectivity index (χ1) is 12.6. The minimum atomic E-state index is 0.00145. The summed E-state index contributed by atoms with van der Waals surface area (Å²) in [5.41, 5.74) is 3.80. The van der Waals surface area contributed by atoms with E-state index in [1.807, 2.05) is 42.0 Å². The highest BCUT2D eigenvalue weighted by Gasteiger charge is 2.22. The van der Waals surface area contributed by atoms with Gasteiger partial charge in [0.15, 0.2) is 0 Å². The molecule has 1 saturated heterocycles. The van der Waals surface area contributed by atoms with Crippen LogP contribution >= 0.6 is 0 Å². The second-order valence-electron chi connectivity index (χ2n) is 6.82. The number of imidazole rings is 1. The van der Waals surface area contributed by atoms with Gasteiger partial charge in [-0.3, -0.25) is 9.20 Å². The zero-order valence-corrected chi connectivity index (χ0v) is 15.9. The molecule has 1 aliphatic heterocycles. The van der Waals surface area contributed by atoms with E-state index in [9.17, 15) is 4.79 Å². The van der Waals surface area contributed by atoms with Gasteiger partial charge < -0.3 is 9.30 Å². The van der Waals surface area contributed by atoms with Crippen molar-refractivity contribution < 1.29 is 4.74 Å². The Labute approximate surface area is 154 Å². The molecule has 3 rings (SSSR count). The van der Waals surface area contributed by atoms with Gasteiger partial charge >= 0.3 is 0 Å². The van der Waals surface area contributed by atoms with E-state index in [0.29, 0.717) is 18.0 Å². The van der Waals surface area contributed by atoms with E-state index >= 15 is 0 Å². The highest BCUT2D eigenvalue weighted by Crippen LogP contribution is 2.26. The minimum absolute atomic E-state index is 0.00145. The largest absolute Gasteiger partial charge is 0.381 e. The molecule has 0 aliphatic carbocycles. The van der Waals surface area contributed by atoms with Crippen molar-refractivity contribution in [3.05, 3.63) is 70.2 Å². The number of nitrogens with zero attached hydrogens (tertiary/aromatic N) is 3. The predicted octanol–water partition coefficient (Wildman–Crippen LogP) is 3.78. The van der Waals surface area contributed by atoms with E-state index < -0.39 is 0 Å². The third-order valence-electron chi connectivity index (χ3n) is 5.17. The van der Waals surface area contributed by atoms with Crippen LogP contribution in [0.5, 0.6) is 0 Å². The molecule has 0 amide bonds. The van der Waals surface area contributed by atoms with Crippen LogP contribution in [0.4, 0.5) is 0 Å². The summed E-state index contributed by atoms with van der Waals surface area (Å²) in [4.78, 5) is 17.7. The van der Waals surface area contributed by atoms with Crippen LogP contribution in [0, 0.1) is 6.92 Å². The number of hydrogen-bond donors (Lipinski definition) is 0. The first-order valence-electron chi connectivity index (χ1n) is 9.16. The standard InChI is InChI=1S/C21H27N3O2/c1-5-7-15(3)17(6-2)14-23-16(4)13-24-19(21(23)25)12-22-20(24)18-8-10-26-11-9-18/h5-7,12-13,18H,1,8-11,14H2,2-4H3/b15-7-,17-6-. The molecule has 0 aromatic carbocycles. The van der Waals surface area contributed by atoms with Crippen LogP contribution in [-0.2, 0) is 11.3 Å². The maximum absolute atomic E-state index is 13.1. The molecule has 138 valence electrons. The Hall–Kier alpha value is -2.40. The Kier molecular flexibility index (Phi) is 5.57. The van der Waals surface area contributed by atoms with E-state index in [2.05, 4.69) is 17.6 Å². The van der Waals surface area contributed by atoms with Gasteiger partial charge in [-0.05, 0) is 44.8 Å². The topological polar surface area (TPSA) is 48.5 Å². The fourth-order valence-electron chi connectivity index (χ4n) is 3.58. The highest BCUT2D eigenvalue weighted by atomic mass is 16.5.